The predicted octanol–water partition coefficient (Wildman–Crippen LogP) is 1.38. The van der Waals surface area contributed by atoms with Crippen molar-refractivity contribution in [1.82, 2.24) is 9.79 Å². The van der Waals surface area contributed by atoms with Crippen LogP contribution in [0.4, 0.5) is 0 Å². The molecule has 0 bridgehead atoms. The first kappa shape index (κ1) is 11.7. The predicted molar refractivity (Wildman–Crippen MR) is 60.0 cm³/mol. The minimum atomic E-state index is 0.628. The van der Waals surface area contributed by atoms with Crippen molar-refractivity contribution < 1.29 is 4.74 Å². The summed E-state index contributed by atoms with van der Waals surface area (Å²) in [6.45, 7) is 1.96. The maximum Gasteiger partial charge on any atom is 0.183 e. The number of hydrogen-bond donors (Lipinski definition) is 0. The van der Waals surface area contributed by atoms with Gasteiger partial charge in [0.2, 0.25) is 0 Å². The standard InChI is InChI=1S/C9H12BBrN2O/c1-14-6-5-13(10)7-8-3-2-4-9(11)12-8/h2-4H,5-7H2,1H3. The van der Waals surface area contributed by atoms with E-state index in [0.29, 0.717) is 19.7 Å². The van der Waals surface area contributed by atoms with Gasteiger partial charge in [0, 0.05) is 20.2 Å². The molecule has 2 radical (unpaired) electrons. The van der Waals surface area contributed by atoms with Crippen LogP contribution in [0.15, 0.2) is 22.8 Å². The van der Waals surface area contributed by atoms with Crippen molar-refractivity contribution >= 4 is 23.9 Å². The van der Waals surface area contributed by atoms with Gasteiger partial charge >= 0.3 is 0 Å². The molecule has 0 aliphatic heterocycles. The van der Waals surface area contributed by atoms with Crippen LogP contribution in [0.25, 0.3) is 0 Å². The van der Waals surface area contributed by atoms with Crippen molar-refractivity contribution in [2.24, 2.45) is 0 Å². The second-order valence-electron chi connectivity index (χ2n) is 2.91. The maximum absolute atomic E-state index is 5.74. The highest BCUT2D eigenvalue weighted by molar-refractivity contribution is 9.10. The zero-order chi connectivity index (χ0) is 10.4. The normalized spacial score (nSPS) is 10.8. The van der Waals surface area contributed by atoms with E-state index in [0.717, 1.165) is 10.3 Å². The Balaban J connectivity index is 2.43. The van der Waals surface area contributed by atoms with E-state index in [9.17, 15) is 0 Å². The molecule has 0 N–H and O–H groups in total. The van der Waals surface area contributed by atoms with Crippen molar-refractivity contribution in [2.45, 2.75) is 6.54 Å². The molecule has 1 aromatic rings. The van der Waals surface area contributed by atoms with Crippen LogP contribution in [-0.4, -0.2) is 38.0 Å². The quantitative estimate of drug-likeness (QED) is 0.587. The summed E-state index contributed by atoms with van der Waals surface area (Å²) in [5, 5.41) is 0. The molecule has 14 heavy (non-hydrogen) atoms. The fourth-order valence-corrected chi connectivity index (χ4v) is 1.41. The lowest BCUT2D eigenvalue weighted by Crippen LogP contribution is -2.24. The van der Waals surface area contributed by atoms with Crippen LogP contribution in [0.1, 0.15) is 5.69 Å². The van der Waals surface area contributed by atoms with Gasteiger partial charge in [0.15, 0.2) is 7.98 Å². The lowest BCUT2D eigenvalue weighted by Gasteiger charge is -2.15. The summed E-state index contributed by atoms with van der Waals surface area (Å²) < 4.78 is 5.75. The molecule has 0 aromatic carbocycles. The van der Waals surface area contributed by atoms with Gasteiger partial charge in [-0.05, 0) is 28.1 Å². The second-order valence-corrected chi connectivity index (χ2v) is 3.73. The highest BCUT2D eigenvalue weighted by Crippen LogP contribution is 2.07. The maximum atomic E-state index is 5.74. The molecule has 3 nitrogen and oxygen atoms in total. The molecular weight excluding hydrogens is 243 g/mol. The number of rotatable bonds is 5. The lowest BCUT2D eigenvalue weighted by molar-refractivity contribution is 0.178. The fraction of sp³-hybridized carbons (Fsp3) is 0.444. The molecule has 0 unspecified atom stereocenters. The molecule has 0 saturated carbocycles. The molecule has 0 aliphatic rings. The Hall–Kier alpha value is -0.385. The number of halogens is 1. The van der Waals surface area contributed by atoms with Gasteiger partial charge in [0.25, 0.3) is 0 Å². The Morgan fingerprint density at radius 1 is 1.57 bits per heavy atom. The van der Waals surface area contributed by atoms with E-state index >= 15 is 0 Å². The van der Waals surface area contributed by atoms with Gasteiger partial charge in [-0.25, -0.2) is 4.98 Å². The highest BCUT2D eigenvalue weighted by Gasteiger charge is 2.00. The summed E-state index contributed by atoms with van der Waals surface area (Å²) in [7, 11) is 7.40. The molecule has 0 aliphatic carbocycles. The number of aromatic nitrogens is 1. The number of methoxy groups -OCH3 is 1. The molecule has 0 amide bonds. The van der Waals surface area contributed by atoms with E-state index in [4.69, 9.17) is 12.7 Å². The molecule has 0 fully saturated rings. The van der Waals surface area contributed by atoms with E-state index in [-0.39, 0.29) is 0 Å². The molecule has 1 rings (SSSR count). The lowest BCUT2D eigenvalue weighted by atomic mass is 10.2. The van der Waals surface area contributed by atoms with Gasteiger partial charge in [-0.2, -0.15) is 0 Å². The largest absolute Gasteiger partial charge is 0.383 e. The molecule has 1 aromatic heterocycles. The van der Waals surface area contributed by atoms with Crippen molar-refractivity contribution in [3.05, 3.63) is 28.5 Å². The van der Waals surface area contributed by atoms with E-state index in [1.807, 2.05) is 18.2 Å². The van der Waals surface area contributed by atoms with Gasteiger partial charge < -0.3 is 9.55 Å². The first-order valence-corrected chi connectivity index (χ1v) is 5.11. The van der Waals surface area contributed by atoms with Crippen LogP contribution in [0.2, 0.25) is 0 Å². The zero-order valence-corrected chi connectivity index (χ0v) is 9.70. The summed E-state index contributed by atoms with van der Waals surface area (Å²) in [5.74, 6) is 0. The molecule has 74 valence electrons. The Bertz CT molecular complexity index is 285. The van der Waals surface area contributed by atoms with Crippen LogP contribution in [0, 0.1) is 0 Å². The number of nitrogens with zero attached hydrogens (tertiary/aromatic N) is 2. The minimum Gasteiger partial charge on any atom is -0.383 e. The molecule has 1 heterocycles. The van der Waals surface area contributed by atoms with Crippen LogP contribution in [0.3, 0.4) is 0 Å². The van der Waals surface area contributed by atoms with Crippen molar-refractivity contribution in [1.29, 1.82) is 0 Å². The van der Waals surface area contributed by atoms with E-state index in [1.165, 1.54) is 0 Å². The zero-order valence-electron chi connectivity index (χ0n) is 8.11. The van der Waals surface area contributed by atoms with Crippen LogP contribution >= 0.6 is 15.9 Å². The minimum absolute atomic E-state index is 0.628. The first-order valence-electron chi connectivity index (χ1n) is 4.32. The summed E-state index contributed by atoms with van der Waals surface area (Å²) in [4.78, 5) is 5.95. The van der Waals surface area contributed by atoms with E-state index in [1.54, 1.807) is 11.9 Å². The number of pyridine rings is 1. The van der Waals surface area contributed by atoms with Gasteiger partial charge in [-0.15, -0.1) is 0 Å². The Morgan fingerprint density at radius 2 is 2.36 bits per heavy atom. The van der Waals surface area contributed by atoms with Gasteiger partial charge in [-0.1, -0.05) is 6.07 Å². The van der Waals surface area contributed by atoms with E-state index in [2.05, 4.69) is 20.9 Å². The second kappa shape index (κ2) is 6.16. The molecular formula is C9H12BBrN2O. The van der Waals surface area contributed by atoms with Crippen LogP contribution in [-0.2, 0) is 11.3 Å². The average molecular weight is 255 g/mol. The molecule has 5 heteroatoms. The Morgan fingerprint density at radius 3 is 3.00 bits per heavy atom. The highest BCUT2D eigenvalue weighted by atomic mass is 79.9. The third-order valence-electron chi connectivity index (χ3n) is 1.72. The molecule has 0 atom stereocenters. The van der Waals surface area contributed by atoms with Gasteiger partial charge in [-0.3, -0.25) is 0 Å². The smallest absolute Gasteiger partial charge is 0.183 e. The summed E-state index contributed by atoms with van der Waals surface area (Å²) in [6, 6.07) is 5.77. The Labute approximate surface area is 94.0 Å². The average Bonchev–Trinajstić information content (AvgIpc) is 2.15. The van der Waals surface area contributed by atoms with Crippen LogP contribution < -0.4 is 0 Å². The third kappa shape index (κ3) is 4.22. The summed E-state index contributed by atoms with van der Waals surface area (Å²) in [5.41, 5.74) is 0.943. The SMILES string of the molecule is [B]N(CCOC)Cc1cccc(Br)n1. The monoisotopic (exact) mass is 254 g/mol. The first-order chi connectivity index (χ1) is 6.72. The van der Waals surface area contributed by atoms with Crippen molar-refractivity contribution in [2.75, 3.05) is 20.3 Å². The molecule has 0 spiro atoms. The van der Waals surface area contributed by atoms with Gasteiger partial charge in [0.1, 0.15) is 4.60 Å². The van der Waals surface area contributed by atoms with Gasteiger partial charge in [0.05, 0.1) is 12.3 Å². The van der Waals surface area contributed by atoms with Crippen molar-refractivity contribution in [3.8, 4) is 0 Å². The summed E-state index contributed by atoms with van der Waals surface area (Å²) in [6.07, 6.45) is 0. The van der Waals surface area contributed by atoms with E-state index < -0.39 is 0 Å². The number of hydrogen-bond acceptors (Lipinski definition) is 3. The summed E-state index contributed by atoms with van der Waals surface area (Å²) >= 11 is 3.31. The van der Waals surface area contributed by atoms with Crippen LogP contribution in [0.5, 0.6) is 0 Å². The Kier molecular flexibility index (Phi) is 5.15. The fourth-order valence-electron chi connectivity index (χ4n) is 1.03. The number of ether oxygens (including phenoxy) is 1. The third-order valence-corrected chi connectivity index (χ3v) is 2.16. The topological polar surface area (TPSA) is 25.4 Å². The molecule has 0 saturated heterocycles. The van der Waals surface area contributed by atoms with Crippen molar-refractivity contribution in [3.63, 3.8) is 0 Å².